The second kappa shape index (κ2) is 4.70. The van der Waals surface area contributed by atoms with Gasteiger partial charge in [0.05, 0.1) is 17.6 Å². The molecule has 0 aromatic carbocycles. The lowest BCUT2D eigenvalue weighted by Crippen LogP contribution is -2.25. The van der Waals surface area contributed by atoms with Gasteiger partial charge in [-0.2, -0.15) is 0 Å². The van der Waals surface area contributed by atoms with Crippen LogP contribution in [-0.4, -0.2) is 25.7 Å². The smallest absolute Gasteiger partial charge is 0.185 e. The summed E-state index contributed by atoms with van der Waals surface area (Å²) in [6, 6.07) is 1.82. The fourth-order valence-corrected chi connectivity index (χ4v) is 1.83. The van der Waals surface area contributed by atoms with Gasteiger partial charge in [0.1, 0.15) is 22.3 Å². The summed E-state index contributed by atoms with van der Waals surface area (Å²) in [6.07, 6.45) is 3.12. The van der Waals surface area contributed by atoms with E-state index >= 15 is 0 Å². The van der Waals surface area contributed by atoms with E-state index in [1.54, 1.807) is 6.20 Å². The molecule has 0 saturated heterocycles. The van der Waals surface area contributed by atoms with Crippen molar-refractivity contribution in [3.8, 4) is 0 Å². The molecule has 96 valence electrons. The largest absolute Gasteiger partial charge is 0.591 e. The molecule has 0 aliphatic carbocycles. The lowest BCUT2D eigenvalue weighted by atomic mass is 10.2. The molecule has 0 radical (unpaired) electrons. The average molecular weight is 265 g/mol. The number of hydrogen-bond donors (Lipinski definition) is 0. The predicted octanol–water partition coefficient (Wildman–Crippen LogP) is 2.41. The van der Waals surface area contributed by atoms with E-state index in [-0.39, 0.29) is 4.75 Å². The Morgan fingerprint density at radius 2 is 2.17 bits per heavy atom. The number of fused-ring (bicyclic) bond motifs is 1. The van der Waals surface area contributed by atoms with Gasteiger partial charge in [-0.05, 0) is 33.8 Å². The van der Waals surface area contributed by atoms with Crippen LogP contribution in [0.15, 0.2) is 21.2 Å². The molecule has 0 saturated carbocycles. The van der Waals surface area contributed by atoms with Crippen LogP contribution in [0.1, 0.15) is 32.2 Å². The fraction of sp³-hybridized carbons (Fsp3) is 0.417. The Hall–Kier alpha value is -1.40. The second-order valence-electron chi connectivity index (χ2n) is 4.97. The molecule has 0 aliphatic heterocycles. The summed E-state index contributed by atoms with van der Waals surface area (Å²) < 4.78 is 20.5. The summed E-state index contributed by atoms with van der Waals surface area (Å²) in [5.74, 6) is 0. The maximum Gasteiger partial charge on any atom is 0.185 e. The molecule has 0 fully saturated rings. The van der Waals surface area contributed by atoms with Gasteiger partial charge in [-0.25, -0.2) is 0 Å². The van der Waals surface area contributed by atoms with Crippen LogP contribution < -0.4 is 0 Å². The van der Waals surface area contributed by atoms with Gasteiger partial charge >= 0.3 is 0 Å². The van der Waals surface area contributed by atoms with Crippen LogP contribution in [0.25, 0.3) is 11.0 Å². The Bertz CT molecular complexity index is 587. The van der Waals surface area contributed by atoms with E-state index in [4.69, 9.17) is 4.52 Å². The highest BCUT2D eigenvalue weighted by Crippen LogP contribution is 2.18. The van der Waals surface area contributed by atoms with Gasteiger partial charge in [0.15, 0.2) is 5.58 Å². The third-order valence-electron chi connectivity index (χ3n) is 2.36. The van der Waals surface area contributed by atoms with Gasteiger partial charge in [-0.3, -0.25) is 4.98 Å². The topological polar surface area (TPSA) is 74.3 Å². The van der Waals surface area contributed by atoms with Crippen LogP contribution in [0.5, 0.6) is 0 Å². The summed E-state index contributed by atoms with van der Waals surface area (Å²) in [5.41, 5.74) is 2.09. The first-order valence-electron chi connectivity index (χ1n) is 5.56. The summed E-state index contributed by atoms with van der Waals surface area (Å²) in [5, 5.41) is 4.75. The summed E-state index contributed by atoms with van der Waals surface area (Å²) in [7, 11) is 0. The van der Waals surface area contributed by atoms with Crippen LogP contribution in [0, 0.1) is 6.92 Å². The number of aromatic nitrogens is 2. The zero-order chi connectivity index (χ0) is 13.3. The Labute approximate surface area is 109 Å². The molecule has 2 aromatic rings. The lowest BCUT2D eigenvalue weighted by molar-refractivity contribution is 0.449. The van der Waals surface area contributed by atoms with Gasteiger partial charge < -0.3 is 9.08 Å². The van der Waals surface area contributed by atoms with Crippen molar-refractivity contribution >= 4 is 28.5 Å². The van der Waals surface area contributed by atoms with Crippen molar-refractivity contribution in [2.75, 3.05) is 0 Å². The first-order chi connectivity index (χ1) is 8.38. The van der Waals surface area contributed by atoms with Crippen LogP contribution in [0.3, 0.4) is 0 Å². The zero-order valence-corrected chi connectivity index (χ0v) is 11.6. The van der Waals surface area contributed by atoms with Crippen molar-refractivity contribution < 1.29 is 9.08 Å². The second-order valence-corrected chi connectivity index (χ2v) is 6.90. The van der Waals surface area contributed by atoms with Crippen LogP contribution in [-0.2, 0) is 11.4 Å². The Balaban J connectivity index is 2.27. The zero-order valence-electron chi connectivity index (χ0n) is 10.8. The quantitative estimate of drug-likeness (QED) is 0.617. The SMILES string of the molecule is Cc1noc2cnc(/C=N/[S@+]([O-])C(C)(C)C)cc12. The van der Waals surface area contributed by atoms with Gasteiger partial charge in [-0.1, -0.05) is 9.55 Å². The van der Waals surface area contributed by atoms with E-state index in [1.807, 2.05) is 33.8 Å². The molecular formula is C12H15N3O2S. The first-order valence-corrected chi connectivity index (χ1v) is 6.67. The molecule has 0 aliphatic rings. The molecule has 1 atom stereocenters. The fourth-order valence-electron chi connectivity index (χ4n) is 1.31. The van der Waals surface area contributed by atoms with Gasteiger partial charge in [0.25, 0.3) is 0 Å². The molecular weight excluding hydrogens is 250 g/mol. The minimum Gasteiger partial charge on any atom is -0.591 e. The normalized spacial score (nSPS) is 14.5. The molecule has 0 amide bonds. The minimum atomic E-state index is -1.28. The predicted molar refractivity (Wildman–Crippen MR) is 72.0 cm³/mol. The van der Waals surface area contributed by atoms with E-state index < -0.39 is 11.4 Å². The molecule has 2 heterocycles. The molecule has 2 rings (SSSR count). The summed E-state index contributed by atoms with van der Waals surface area (Å²) in [6.45, 7) is 7.49. The maximum atomic E-state index is 11.8. The van der Waals surface area contributed by atoms with Gasteiger partial charge in [0, 0.05) is 5.39 Å². The van der Waals surface area contributed by atoms with Crippen molar-refractivity contribution in [1.29, 1.82) is 0 Å². The molecule has 0 spiro atoms. The number of aryl methyl sites for hydroxylation is 1. The van der Waals surface area contributed by atoms with Crippen molar-refractivity contribution in [1.82, 2.24) is 10.1 Å². The van der Waals surface area contributed by atoms with E-state index in [0.717, 1.165) is 11.1 Å². The third-order valence-corrected chi connectivity index (χ3v) is 3.71. The van der Waals surface area contributed by atoms with Crippen molar-refractivity contribution in [2.24, 2.45) is 4.40 Å². The Morgan fingerprint density at radius 3 is 2.83 bits per heavy atom. The molecule has 5 nitrogen and oxygen atoms in total. The molecule has 18 heavy (non-hydrogen) atoms. The first kappa shape index (κ1) is 13.0. The Morgan fingerprint density at radius 1 is 1.44 bits per heavy atom. The highest BCUT2D eigenvalue weighted by Gasteiger charge is 2.25. The highest BCUT2D eigenvalue weighted by atomic mass is 32.2. The van der Waals surface area contributed by atoms with E-state index in [0.29, 0.717) is 11.3 Å². The van der Waals surface area contributed by atoms with E-state index in [9.17, 15) is 4.55 Å². The van der Waals surface area contributed by atoms with Crippen LogP contribution in [0.4, 0.5) is 0 Å². The average Bonchev–Trinajstić information content (AvgIpc) is 2.66. The molecule has 0 unspecified atom stereocenters. The highest BCUT2D eigenvalue weighted by molar-refractivity contribution is 7.91. The number of pyridine rings is 1. The van der Waals surface area contributed by atoms with Gasteiger partial charge in [-0.15, -0.1) is 0 Å². The van der Waals surface area contributed by atoms with Crippen LogP contribution >= 0.6 is 0 Å². The van der Waals surface area contributed by atoms with Crippen molar-refractivity contribution in [3.05, 3.63) is 23.7 Å². The summed E-state index contributed by atoms with van der Waals surface area (Å²) >= 11 is -1.28. The number of nitrogens with zero attached hydrogens (tertiary/aromatic N) is 3. The van der Waals surface area contributed by atoms with Gasteiger partial charge in [0.2, 0.25) is 0 Å². The number of hydrogen-bond acceptors (Lipinski definition) is 5. The minimum absolute atomic E-state index is 0.367. The monoisotopic (exact) mass is 265 g/mol. The molecule has 0 N–H and O–H groups in total. The maximum absolute atomic E-state index is 11.8. The van der Waals surface area contributed by atoms with Crippen LogP contribution in [0.2, 0.25) is 0 Å². The van der Waals surface area contributed by atoms with E-state index in [2.05, 4.69) is 14.5 Å². The molecule has 0 bridgehead atoms. The third kappa shape index (κ3) is 2.70. The summed E-state index contributed by atoms with van der Waals surface area (Å²) in [4.78, 5) is 4.16. The Kier molecular flexibility index (Phi) is 3.41. The molecule has 2 aromatic heterocycles. The van der Waals surface area contributed by atoms with Crippen molar-refractivity contribution in [2.45, 2.75) is 32.4 Å². The number of rotatable bonds is 2. The standard InChI is InChI=1S/C12H15N3O2S/c1-8-10-5-9(13-7-11(10)17-15-8)6-14-18(16)12(2,3)4/h5-7H,1-4H3/b14-6+/t18-/m1/s1. The van der Waals surface area contributed by atoms with Crippen molar-refractivity contribution in [3.63, 3.8) is 0 Å². The van der Waals surface area contributed by atoms with E-state index in [1.165, 1.54) is 6.21 Å². The molecule has 6 heteroatoms. The lowest BCUT2D eigenvalue weighted by Gasteiger charge is -2.17.